The zero-order valence-electron chi connectivity index (χ0n) is 15.5. The summed E-state index contributed by atoms with van der Waals surface area (Å²) in [6, 6.07) is 17.9. The van der Waals surface area contributed by atoms with Gasteiger partial charge in [0.2, 0.25) is 0 Å². The van der Waals surface area contributed by atoms with E-state index in [2.05, 4.69) is 5.32 Å². The van der Waals surface area contributed by atoms with Crippen LogP contribution >= 0.6 is 0 Å². The Morgan fingerprint density at radius 1 is 1.11 bits per heavy atom. The molecule has 1 saturated heterocycles. The normalized spacial score (nSPS) is 15.2. The molecule has 2 aromatic carbocycles. The van der Waals surface area contributed by atoms with Crippen molar-refractivity contribution in [2.45, 2.75) is 25.5 Å². The second kappa shape index (κ2) is 7.84. The fraction of sp³-hybridized carbons (Fsp3) is 0.318. The number of nitrogens with one attached hydrogen (secondary N) is 1. The fourth-order valence-corrected chi connectivity index (χ4v) is 3.60. The number of amides is 1. The van der Waals surface area contributed by atoms with Crippen LogP contribution in [0.25, 0.3) is 11.0 Å². The number of carbonyl (C=O) groups is 1. The van der Waals surface area contributed by atoms with E-state index in [0.717, 1.165) is 48.2 Å². The van der Waals surface area contributed by atoms with Gasteiger partial charge < -0.3 is 19.4 Å². The maximum atomic E-state index is 13.2. The predicted octanol–water partition coefficient (Wildman–Crippen LogP) is 3.84. The quantitative estimate of drug-likeness (QED) is 0.747. The highest BCUT2D eigenvalue weighted by molar-refractivity contribution is 5.99. The van der Waals surface area contributed by atoms with Crippen molar-refractivity contribution < 1.29 is 13.9 Å². The molecule has 27 heavy (non-hydrogen) atoms. The van der Waals surface area contributed by atoms with Gasteiger partial charge in [-0.15, -0.1) is 0 Å². The lowest BCUT2D eigenvalue weighted by molar-refractivity contribution is 0.0674. The van der Waals surface area contributed by atoms with Gasteiger partial charge in [-0.25, -0.2) is 0 Å². The van der Waals surface area contributed by atoms with E-state index in [1.54, 1.807) is 0 Å². The lowest BCUT2D eigenvalue weighted by Gasteiger charge is -2.31. The highest BCUT2D eigenvalue weighted by Gasteiger charge is 2.28. The molecule has 1 fully saturated rings. The van der Waals surface area contributed by atoms with Crippen molar-refractivity contribution in [3.63, 3.8) is 0 Å². The number of hydrogen-bond acceptors (Lipinski definition) is 4. The van der Waals surface area contributed by atoms with Crippen molar-refractivity contribution in [1.29, 1.82) is 0 Å². The van der Waals surface area contributed by atoms with Gasteiger partial charge in [0.15, 0.2) is 5.76 Å². The number of carbonyl (C=O) groups excluding carboxylic acids is 1. The average molecular weight is 364 g/mol. The van der Waals surface area contributed by atoms with E-state index in [9.17, 15) is 4.79 Å². The third kappa shape index (κ3) is 3.69. The maximum absolute atomic E-state index is 13.2. The van der Waals surface area contributed by atoms with Crippen LogP contribution in [0.2, 0.25) is 0 Å². The Labute approximate surface area is 158 Å². The summed E-state index contributed by atoms with van der Waals surface area (Å²) in [6.07, 6.45) is 1.91. The van der Waals surface area contributed by atoms with Crippen molar-refractivity contribution in [2.75, 3.05) is 20.1 Å². The van der Waals surface area contributed by atoms with Crippen LogP contribution in [0, 0.1) is 0 Å². The van der Waals surface area contributed by atoms with Gasteiger partial charge in [-0.05, 0) is 38.1 Å². The topological polar surface area (TPSA) is 54.7 Å². The SMILES string of the molecule is CNC1CCN(C(=O)c2oc3ccccc3c2COc2ccccc2)CC1. The molecule has 1 aliphatic rings. The smallest absolute Gasteiger partial charge is 0.290 e. The Morgan fingerprint density at radius 3 is 2.56 bits per heavy atom. The number of nitrogens with zero attached hydrogens (tertiary/aromatic N) is 1. The molecular weight excluding hydrogens is 340 g/mol. The molecule has 0 atom stereocenters. The Morgan fingerprint density at radius 2 is 1.81 bits per heavy atom. The second-order valence-corrected chi connectivity index (χ2v) is 6.86. The Hall–Kier alpha value is -2.79. The Kier molecular flexibility index (Phi) is 5.12. The minimum Gasteiger partial charge on any atom is -0.489 e. The molecule has 1 aliphatic heterocycles. The van der Waals surface area contributed by atoms with Crippen molar-refractivity contribution in [3.05, 3.63) is 65.9 Å². The molecule has 5 heteroatoms. The third-order valence-electron chi connectivity index (χ3n) is 5.21. The van der Waals surface area contributed by atoms with Crippen LogP contribution in [0.5, 0.6) is 5.75 Å². The molecule has 0 saturated carbocycles. The third-order valence-corrected chi connectivity index (χ3v) is 5.21. The number of benzene rings is 2. The highest BCUT2D eigenvalue weighted by Crippen LogP contribution is 2.29. The summed E-state index contributed by atoms with van der Waals surface area (Å²) in [5.41, 5.74) is 1.54. The molecule has 0 aliphatic carbocycles. The van der Waals surface area contributed by atoms with E-state index in [1.807, 2.05) is 66.5 Å². The minimum absolute atomic E-state index is 0.0487. The molecule has 0 radical (unpaired) electrons. The molecular formula is C22H24N2O3. The summed E-state index contributed by atoms with van der Waals surface area (Å²) in [5, 5.41) is 4.23. The predicted molar refractivity (Wildman–Crippen MR) is 105 cm³/mol. The number of rotatable bonds is 5. The van der Waals surface area contributed by atoms with Crippen LogP contribution in [0.15, 0.2) is 59.0 Å². The summed E-state index contributed by atoms with van der Waals surface area (Å²) in [7, 11) is 1.97. The molecule has 4 rings (SSSR count). The molecule has 0 spiro atoms. The van der Waals surface area contributed by atoms with Gasteiger partial charge in [0.05, 0.1) is 0 Å². The number of likely N-dealkylation sites (tertiary alicyclic amines) is 1. The second-order valence-electron chi connectivity index (χ2n) is 6.86. The standard InChI is InChI=1S/C22H24N2O3/c1-23-16-11-13-24(14-12-16)22(25)21-19(15-26-17-7-3-2-4-8-17)18-9-5-6-10-20(18)27-21/h2-10,16,23H,11-15H2,1H3. The van der Waals surface area contributed by atoms with Gasteiger partial charge >= 0.3 is 0 Å². The summed E-state index contributed by atoms with van der Waals surface area (Å²) in [4.78, 5) is 15.0. The first-order valence-electron chi connectivity index (χ1n) is 9.41. The minimum atomic E-state index is -0.0487. The van der Waals surface area contributed by atoms with E-state index >= 15 is 0 Å². The maximum Gasteiger partial charge on any atom is 0.290 e. The van der Waals surface area contributed by atoms with Crippen molar-refractivity contribution in [3.8, 4) is 5.75 Å². The molecule has 3 aromatic rings. The molecule has 0 bridgehead atoms. The molecule has 1 amide bonds. The van der Waals surface area contributed by atoms with E-state index in [4.69, 9.17) is 9.15 Å². The van der Waals surface area contributed by atoms with E-state index in [-0.39, 0.29) is 5.91 Å². The van der Waals surface area contributed by atoms with Gasteiger partial charge in [-0.3, -0.25) is 4.79 Å². The Balaban J connectivity index is 1.60. The van der Waals surface area contributed by atoms with E-state index in [0.29, 0.717) is 18.4 Å². The van der Waals surface area contributed by atoms with Crippen LogP contribution < -0.4 is 10.1 Å². The van der Waals surface area contributed by atoms with E-state index < -0.39 is 0 Å². The lowest BCUT2D eigenvalue weighted by Crippen LogP contribution is -2.44. The van der Waals surface area contributed by atoms with Gasteiger partial charge in [-0.2, -0.15) is 0 Å². The average Bonchev–Trinajstić information content (AvgIpc) is 3.11. The number of para-hydroxylation sites is 2. The molecule has 0 unspecified atom stereocenters. The van der Waals surface area contributed by atoms with Gasteiger partial charge in [0.1, 0.15) is 17.9 Å². The van der Waals surface area contributed by atoms with Gasteiger partial charge in [0, 0.05) is 30.1 Å². The van der Waals surface area contributed by atoms with Crippen LogP contribution in [0.4, 0.5) is 0 Å². The zero-order chi connectivity index (χ0) is 18.6. The van der Waals surface area contributed by atoms with Crippen molar-refractivity contribution in [1.82, 2.24) is 10.2 Å². The van der Waals surface area contributed by atoms with Gasteiger partial charge in [0.25, 0.3) is 5.91 Å². The summed E-state index contributed by atoms with van der Waals surface area (Å²) < 4.78 is 11.9. The first-order chi connectivity index (χ1) is 13.3. The number of fused-ring (bicyclic) bond motifs is 1. The first-order valence-corrected chi connectivity index (χ1v) is 9.41. The lowest BCUT2D eigenvalue weighted by atomic mass is 10.0. The van der Waals surface area contributed by atoms with Crippen LogP contribution in [0.1, 0.15) is 29.0 Å². The van der Waals surface area contributed by atoms with Gasteiger partial charge in [-0.1, -0.05) is 36.4 Å². The summed E-state index contributed by atoms with van der Waals surface area (Å²) in [5.74, 6) is 1.12. The largest absolute Gasteiger partial charge is 0.489 e. The monoisotopic (exact) mass is 364 g/mol. The summed E-state index contributed by atoms with van der Waals surface area (Å²) in [6.45, 7) is 1.77. The van der Waals surface area contributed by atoms with Crippen molar-refractivity contribution in [2.24, 2.45) is 0 Å². The number of ether oxygens (including phenoxy) is 1. The molecule has 2 heterocycles. The van der Waals surface area contributed by atoms with Crippen molar-refractivity contribution >= 4 is 16.9 Å². The first kappa shape index (κ1) is 17.6. The zero-order valence-corrected chi connectivity index (χ0v) is 15.5. The highest BCUT2D eigenvalue weighted by atomic mass is 16.5. The van der Waals surface area contributed by atoms with Crippen LogP contribution in [-0.2, 0) is 6.61 Å². The number of hydrogen-bond donors (Lipinski definition) is 1. The molecule has 1 aromatic heterocycles. The summed E-state index contributed by atoms with van der Waals surface area (Å²) >= 11 is 0. The number of piperidine rings is 1. The fourth-order valence-electron chi connectivity index (χ4n) is 3.60. The number of furan rings is 1. The molecule has 1 N–H and O–H groups in total. The van der Waals surface area contributed by atoms with E-state index in [1.165, 1.54) is 0 Å². The molecule has 5 nitrogen and oxygen atoms in total. The Bertz CT molecular complexity index is 912. The van der Waals surface area contributed by atoms with Crippen LogP contribution in [-0.4, -0.2) is 37.0 Å². The van der Waals surface area contributed by atoms with Crippen LogP contribution in [0.3, 0.4) is 0 Å². The molecule has 140 valence electrons.